The van der Waals surface area contributed by atoms with Gasteiger partial charge in [-0.05, 0) is 6.92 Å². The second-order valence-corrected chi connectivity index (χ2v) is 3.05. The molecule has 4 nitrogen and oxygen atoms in total. The van der Waals surface area contributed by atoms with E-state index in [2.05, 4.69) is 0 Å². The van der Waals surface area contributed by atoms with Crippen molar-refractivity contribution in [1.82, 2.24) is 0 Å². The summed E-state index contributed by atoms with van der Waals surface area (Å²) in [6.45, 7) is 1.90. The standard InChI is InChI=1S/C8H16O4/c1-5-4-6(10-2)7(11-3)8(9)12-5/h5-9H,4H2,1-3H3/t5?,6-,7?,8-/m1/s1. The van der Waals surface area contributed by atoms with Gasteiger partial charge in [-0.2, -0.15) is 0 Å². The van der Waals surface area contributed by atoms with Gasteiger partial charge in [-0.1, -0.05) is 0 Å². The van der Waals surface area contributed by atoms with Gasteiger partial charge in [0.05, 0.1) is 12.2 Å². The minimum atomic E-state index is -0.872. The predicted molar refractivity (Wildman–Crippen MR) is 42.8 cm³/mol. The minimum absolute atomic E-state index is 0.0244. The lowest BCUT2D eigenvalue weighted by Gasteiger charge is -2.36. The van der Waals surface area contributed by atoms with Crippen molar-refractivity contribution in [2.45, 2.75) is 37.9 Å². The number of hydrogen-bond acceptors (Lipinski definition) is 4. The molecule has 4 atom stereocenters. The van der Waals surface area contributed by atoms with Gasteiger partial charge in [0.2, 0.25) is 0 Å². The molecule has 0 radical (unpaired) electrons. The topological polar surface area (TPSA) is 47.9 Å². The summed E-state index contributed by atoms with van der Waals surface area (Å²) >= 11 is 0. The van der Waals surface area contributed by atoms with E-state index in [0.29, 0.717) is 0 Å². The molecular weight excluding hydrogens is 160 g/mol. The molecular formula is C8H16O4. The summed E-state index contributed by atoms with van der Waals surface area (Å²) in [4.78, 5) is 0. The van der Waals surface area contributed by atoms with Crippen LogP contribution in [0.4, 0.5) is 0 Å². The van der Waals surface area contributed by atoms with Crippen LogP contribution >= 0.6 is 0 Å². The van der Waals surface area contributed by atoms with Crippen molar-refractivity contribution in [3.05, 3.63) is 0 Å². The Morgan fingerprint density at radius 3 is 2.50 bits per heavy atom. The van der Waals surface area contributed by atoms with Crippen LogP contribution in [-0.2, 0) is 14.2 Å². The maximum Gasteiger partial charge on any atom is 0.183 e. The van der Waals surface area contributed by atoms with Gasteiger partial charge < -0.3 is 19.3 Å². The van der Waals surface area contributed by atoms with Crippen LogP contribution in [0.25, 0.3) is 0 Å². The summed E-state index contributed by atoms with van der Waals surface area (Å²) in [6.07, 6.45) is -0.536. The molecule has 1 aliphatic rings. The van der Waals surface area contributed by atoms with Gasteiger partial charge in [0.25, 0.3) is 0 Å². The minimum Gasteiger partial charge on any atom is -0.378 e. The number of hydrogen-bond donors (Lipinski definition) is 1. The first-order chi connectivity index (χ1) is 5.69. The van der Waals surface area contributed by atoms with Gasteiger partial charge in [-0.15, -0.1) is 0 Å². The summed E-state index contributed by atoms with van der Waals surface area (Å²) in [5.74, 6) is 0. The van der Waals surface area contributed by atoms with Crippen LogP contribution < -0.4 is 0 Å². The number of aliphatic hydroxyl groups excluding tert-OH is 1. The summed E-state index contributed by atoms with van der Waals surface area (Å²) in [7, 11) is 3.15. The van der Waals surface area contributed by atoms with Crippen molar-refractivity contribution in [1.29, 1.82) is 0 Å². The lowest BCUT2D eigenvalue weighted by atomic mass is 10.0. The number of ether oxygens (including phenoxy) is 3. The molecule has 0 aliphatic carbocycles. The molecule has 1 fully saturated rings. The molecule has 0 saturated carbocycles. The van der Waals surface area contributed by atoms with Crippen LogP contribution in [0.1, 0.15) is 13.3 Å². The highest BCUT2D eigenvalue weighted by Gasteiger charge is 2.36. The Morgan fingerprint density at radius 1 is 1.33 bits per heavy atom. The van der Waals surface area contributed by atoms with Crippen molar-refractivity contribution in [2.24, 2.45) is 0 Å². The van der Waals surface area contributed by atoms with E-state index in [1.54, 1.807) is 14.2 Å². The van der Waals surface area contributed by atoms with Gasteiger partial charge in [-0.25, -0.2) is 0 Å². The fourth-order valence-corrected chi connectivity index (χ4v) is 1.51. The molecule has 0 aromatic heterocycles. The van der Waals surface area contributed by atoms with Crippen LogP contribution in [0, 0.1) is 0 Å². The molecule has 1 rings (SSSR count). The molecule has 1 N–H and O–H groups in total. The van der Waals surface area contributed by atoms with Crippen molar-refractivity contribution in [3.8, 4) is 0 Å². The fourth-order valence-electron chi connectivity index (χ4n) is 1.51. The van der Waals surface area contributed by atoms with Gasteiger partial charge in [0.15, 0.2) is 6.29 Å². The number of methoxy groups -OCH3 is 2. The van der Waals surface area contributed by atoms with Crippen LogP contribution in [0.15, 0.2) is 0 Å². The largest absolute Gasteiger partial charge is 0.378 e. The maximum atomic E-state index is 9.41. The van der Waals surface area contributed by atoms with Gasteiger partial charge in [0, 0.05) is 20.6 Å². The Morgan fingerprint density at radius 2 is 2.00 bits per heavy atom. The van der Waals surface area contributed by atoms with Crippen LogP contribution in [0.5, 0.6) is 0 Å². The van der Waals surface area contributed by atoms with Crippen LogP contribution in [-0.4, -0.2) is 43.9 Å². The highest BCUT2D eigenvalue weighted by molar-refractivity contribution is 4.80. The molecule has 0 aromatic rings. The van der Waals surface area contributed by atoms with Crippen molar-refractivity contribution in [2.75, 3.05) is 14.2 Å². The molecule has 4 heteroatoms. The van der Waals surface area contributed by atoms with Gasteiger partial charge >= 0.3 is 0 Å². The van der Waals surface area contributed by atoms with E-state index in [9.17, 15) is 5.11 Å². The smallest absolute Gasteiger partial charge is 0.183 e. The van der Waals surface area contributed by atoms with E-state index in [0.717, 1.165) is 6.42 Å². The van der Waals surface area contributed by atoms with Gasteiger partial charge in [-0.3, -0.25) is 0 Å². The average molecular weight is 176 g/mol. The van der Waals surface area contributed by atoms with Gasteiger partial charge in [0.1, 0.15) is 6.10 Å². The maximum absolute atomic E-state index is 9.41. The first kappa shape index (κ1) is 9.92. The third-order valence-corrected chi connectivity index (χ3v) is 2.16. The van der Waals surface area contributed by atoms with E-state index >= 15 is 0 Å². The molecule has 0 bridgehead atoms. The second kappa shape index (κ2) is 4.18. The highest BCUT2D eigenvalue weighted by atomic mass is 16.6. The second-order valence-electron chi connectivity index (χ2n) is 3.05. The van der Waals surface area contributed by atoms with Crippen LogP contribution in [0.3, 0.4) is 0 Å². The molecule has 2 unspecified atom stereocenters. The summed E-state index contributed by atoms with van der Waals surface area (Å²) in [5.41, 5.74) is 0. The lowest BCUT2D eigenvalue weighted by molar-refractivity contribution is -0.254. The van der Waals surface area contributed by atoms with E-state index in [1.165, 1.54) is 0 Å². The van der Waals surface area contributed by atoms with E-state index in [-0.39, 0.29) is 18.3 Å². The van der Waals surface area contributed by atoms with Crippen molar-refractivity contribution in [3.63, 3.8) is 0 Å². The van der Waals surface area contributed by atoms with Crippen molar-refractivity contribution >= 4 is 0 Å². The van der Waals surface area contributed by atoms with E-state index in [1.807, 2.05) is 6.92 Å². The zero-order valence-electron chi connectivity index (χ0n) is 7.69. The Bertz CT molecular complexity index is 139. The lowest BCUT2D eigenvalue weighted by Crippen LogP contribution is -2.49. The molecule has 72 valence electrons. The fraction of sp³-hybridized carbons (Fsp3) is 1.00. The summed E-state index contributed by atoms with van der Waals surface area (Å²) < 4.78 is 15.4. The predicted octanol–water partition coefficient (Wildman–Crippen LogP) is 0.144. The Kier molecular flexibility index (Phi) is 3.46. The molecule has 1 saturated heterocycles. The normalized spacial score (nSPS) is 43.0. The van der Waals surface area contributed by atoms with Crippen molar-refractivity contribution < 1.29 is 19.3 Å². The average Bonchev–Trinajstić information content (AvgIpc) is 2.03. The zero-order chi connectivity index (χ0) is 9.14. The van der Waals surface area contributed by atoms with Crippen LogP contribution in [0.2, 0.25) is 0 Å². The molecule has 0 amide bonds. The highest BCUT2D eigenvalue weighted by Crippen LogP contribution is 2.22. The third kappa shape index (κ3) is 1.95. The first-order valence-corrected chi connectivity index (χ1v) is 4.08. The number of aliphatic hydroxyl groups is 1. The Hall–Kier alpha value is -0.160. The summed E-state index contributed by atoms with van der Waals surface area (Å²) in [6, 6.07) is 0. The van der Waals surface area contributed by atoms with E-state index in [4.69, 9.17) is 14.2 Å². The quantitative estimate of drug-likeness (QED) is 0.650. The molecule has 1 aliphatic heterocycles. The molecule has 0 aromatic carbocycles. The zero-order valence-corrected chi connectivity index (χ0v) is 7.69. The Balaban J connectivity index is 2.56. The SMILES string of the molecule is COC1[C@H](O)OC(C)C[C@H]1OC. The third-order valence-electron chi connectivity index (χ3n) is 2.16. The molecule has 12 heavy (non-hydrogen) atoms. The first-order valence-electron chi connectivity index (χ1n) is 4.08. The Labute approximate surface area is 72.4 Å². The monoisotopic (exact) mass is 176 g/mol. The molecule has 1 heterocycles. The molecule has 0 spiro atoms. The number of rotatable bonds is 2. The summed E-state index contributed by atoms with van der Waals surface area (Å²) in [5, 5.41) is 9.41. The van der Waals surface area contributed by atoms with E-state index < -0.39 is 6.29 Å².